The first kappa shape index (κ1) is 12.7. The molecule has 2 unspecified atom stereocenters. The minimum absolute atomic E-state index is 0.237. The van der Waals surface area contributed by atoms with Crippen LogP contribution in [0.5, 0.6) is 0 Å². The van der Waals surface area contributed by atoms with E-state index in [0.29, 0.717) is 0 Å². The van der Waals surface area contributed by atoms with Gasteiger partial charge in [-0.1, -0.05) is 0 Å². The summed E-state index contributed by atoms with van der Waals surface area (Å²) in [6, 6.07) is 2.50. The standard InChI is InChI=1S/C14H24N2O/c1-4-17-11(3)9-16-10(2)8-12-13(15)6-5-7-14(12)16/h8,11,13H,4-7,9,15H2,1-3H3. The fourth-order valence-electron chi connectivity index (χ4n) is 2.85. The summed E-state index contributed by atoms with van der Waals surface area (Å²) in [6.07, 6.45) is 3.77. The summed E-state index contributed by atoms with van der Waals surface area (Å²) >= 11 is 0. The maximum absolute atomic E-state index is 6.17. The maximum atomic E-state index is 6.17. The highest BCUT2D eigenvalue weighted by molar-refractivity contribution is 5.32. The van der Waals surface area contributed by atoms with Crippen molar-refractivity contribution >= 4 is 0 Å². The number of rotatable bonds is 4. The van der Waals surface area contributed by atoms with E-state index in [1.807, 2.05) is 6.92 Å². The van der Waals surface area contributed by atoms with E-state index in [-0.39, 0.29) is 12.1 Å². The van der Waals surface area contributed by atoms with Gasteiger partial charge in [-0.15, -0.1) is 0 Å². The first-order chi connectivity index (χ1) is 8.13. The van der Waals surface area contributed by atoms with Gasteiger partial charge in [-0.2, -0.15) is 0 Å². The lowest BCUT2D eigenvalue weighted by atomic mass is 9.93. The molecule has 2 N–H and O–H groups in total. The molecule has 1 aliphatic carbocycles. The molecule has 0 bridgehead atoms. The van der Waals surface area contributed by atoms with Gasteiger partial charge in [-0.25, -0.2) is 0 Å². The first-order valence-electron chi connectivity index (χ1n) is 6.69. The normalized spacial score (nSPS) is 21.3. The van der Waals surface area contributed by atoms with Gasteiger partial charge in [0.15, 0.2) is 0 Å². The number of fused-ring (bicyclic) bond motifs is 1. The minimum Gasteiger partial charge on any atom is -0.377 e. The highest BCUT2D eigenvalue weighted by Crippen LogP contribution is 2.30. The van der Waals surface area contributed by atoms with Crippen LogP contribution in [0.15, 0.2) is 6.07 Å². The van der Waals surface area contributed by atoms with Crippen molar-refractivity contribution < 1.29 is 4.74 Å². The molecule has 1 aromatic heterocycles. The highest BCUT2D eigenvalue weighted by atomic mass is 16.5. The number of hydrogen-bond acceptors (Lipinski definition) is 2. The van der Waals surface area contributed by atoms with Crippen molar-refractivity contribution in [2.45, 2.75) is 58.7 Å². The summed E-state index contributed by atoms with van der Waals surface area (Å²) in [6.45, 7) is 8.08. The van der Waals surface area contributed by atoms with Crippen LogP contribution < -0.4 is 5.73 Å². The van der Waals surface area contributed by atoms with Crippen LogP contribution in [0.4, 0.5) is 0 Å². The molecule has 1 aliphatic rings. The van der Waals surface area contributed by atoms with E-state index < -0.39 is 0 Å². The van der Waals surface area contributed by atoms with Gasteiger partial charge in [-0.05, 0) is 51.7 Å². The Hall–Kier alpha value is -0.800. The third-order valence-electron chi connectivity index (χ3n) is 3.67. The number of nitrogens with two attached hydrogens (primary N) is 1. The van der Waals surface area contributed by atoms with Crippen LogP contribution in [0.3, 0.4) is 0 Å². The zero-order valence-electron chi connectivity index (χ0n) is 11.2. The molecule has 3 heteroatoms. The van der Waals surface area contributed by atoms with E-state index in [0.717, 1.165) is 26.0 Å². The van der Waals surface area contributed by atoms with Gasteiger partial charge in [0, 0.05) is 30.6 Å². The predicted octanol–water partition coefficient (Wildman–Crippen LogP) is 2.56. The molecule has 0 spiro atoms. The van der Waals surface area contributed by atoms with Crippen molar-refractivity contribution in [3.63, 3.8) is 0 Å². The van der Waals surface area contributed by atoms with Crippen molar-refractivity contribution in [3.05, 3.63) is 23.0 Å². The molecule has 0 amide bonds. The van der Waals surface area contributed by atoms with Crippen molar-refractivity contribution in [3.8, 4) is 0 Å². The van der Waals surface area contributed by atoms with E-state index in [4.69, 9.17) is 10.5 Å². The molecular formula is C14H24N2O. The van der Waals surface area contributed by atoms with Gasteiger partial charge in [0.05, 0.1) is 6.10 Å². The second-order valence-corrected chi connectivity index (χ2v) is 5.06. The number of aromatic nitrogens is 1. The molecule has 3 nitrogen and oxygen atoms in total. The summed E-state index contributed by atoms with van der Waals surface area (Å²) in [5.41, 5.74) is 10.3. The van der Waals surface area contributed by atoms with Crippen molar-refractivity contribution in [2.24, 2.45) is 5.73 Å². The van der Waals surface area contributed by atoms with Crippen LogP contribution in [-0.4, -0.2) is 17.3 Å². The second-order valence-electron chi connectivity index (χ2n) is 5.06. The molecule has 0 fully saturated rings. The summed E-state index contributed by atoms with van der Waals surface area (Å²) in [7, 11) is 0. The van der Waals surface area contributed by atoms with Gasteiger partial charge < -0.3 is 15.0 Å². The van der Waals surface area contributed by atoms with Gasteiger partial charge in [0.2, 0.25) is 0 Å². The molecule has 2 rings (SSSR count). The van der Waals surface area contributed by atoms with E-state index >= 15 is 0 Å². The molecule has 0 saturated heterocycles. The van der Waals surface area contributed by atoms with Crippen LogP contribution in [0.1, 0.15) is 49.7 Å². The smallest absolute Gasteiger partial charge is 0.0725 e. The first-order valence-corrected chi connectivity index (χ1v) is 6.69. The van der Waals surface area contributed by atoms with E-state index in [1.54, 1.807) is 0 Å². The van der Waals surface area contributed by atoms with E-state index in [1.165, 1.54) is 23.4 Å². The van der Waals surface area contributed by atoms with Crippen molar-refractivity contribution in [1.82, 2.24) is 4.57 Å². The second kappa shape index (κ2) is 5.23. The topological polar surface area (TPSA) is 40.2 Å². The fraction of sp³-hybridized carbons (Fsp3) is 0.714. The van der Waals surface area contributed by atoms with Crippen LogP contribution in [0.25, 0.3) is 0 Å². The molecule has 0 saturated carbocycles. The van der Waals surface area contributed by atoms with Crippen molar-refractivity contribution in [2.75, 3.05) is 6.61 Å². The average molecular weight is 236 g/mol. The summed E-state index contributed by atoms with van der Waals surface area (Å²) in [5, 5.41) is 0. The number of nitrogens with zero attached hydrogens (tertiary/aromatic N) is 1. The van der Waals surface area contributed by atoms with Gasteiger partial charge in [0.1, 0.15) is 0 Å². The molecule has 0 aliphatic heterocycles. The lowest BCUT2D eigenvalue weighted by Gasteiger charge is -2.22. The number of aryl methyl sites for hydroxylation is 1. The van der Waals surface area contributed by atoms with Crippen molar-refractivity contribution in [1.29, 1.82) is 0 Å². The summed E-state index contributed by atoms with van der Waals surface area (Å²) in [5.74, 6) is 0. The summed E-state index contributed by atoms with van der Waals surface area (Å²) in [4.78, 5) is 0. The van der Waals surface area contributed by atoms with Crippen LogP contribution in [0, 0.1) is 6.92 Å². The quantitative estimate of drug-likeness (QED) is 0.872. The van der Waals surface area contributed by atoms with Crippen LogP contribution in [-0.2, 0) is 17.7 Å². The Morgan fingerprint density at radius 1 is 1.59 bits per heavy atom. The Labute approximate surface area is 104 Å². The Balaban J connectivity index is 2.22. The minimum atomic E-state index is 0.237. The third kappa shape index (κ3) is 2.55. The Morgan fingerprint density at radius 3 is 3.06 bits per heavy atom. The molecule has 17 heavy (non-hydrogen) atoms. The van der Waals surface area contributed by atoms with Gasteiger partial charge >= 0.3 is 0 Å². The lowest BCUT2D eigenvalue weighted by molar-refractivity contribution is 0.0630. The molecule has 96 valence electrons. The Morgan fingerprint density at radius 2 is 2.35 bits per heavy atom. The SMILES string of the molecule is CCOC(C)Cn1c(C)cc2c1CCCC2N. The van der Waals surface area contributed by atoms with E-state index in [2.05, 4.69) is 24.5 Å². The third-order valence-corrected chi connectivity index (χ3v) is 3.67. The molecule has 2 atom stereocenters. The Bertz CT molecular complexity index is 384. The zero-order valence-corrected chi connectivity index (χ0v) is 11.2. The predicted molar refractivity (Wildman–Crippen MR) is 70.1 cm³/mol. The van der Waals surface area contributed by atoms with Crippen LogP contribution in [0.2, 0.25) is 0 Å². The monoisotopic (exact) mass is 236 g/mol. The molecular weight excluding hydrogens is 212 g/mol. The fourth-order valence-corrected chi connectivity index (χ4v) is 2.85. The van der Waals surface area contributed by atoms with E-state index in [9.17, 15) is 0 Å². The molecule has 0 radical (unpaired) electrons. The molecule has 1 aromatic rings. The van der Waals surface area contributed by atoms with Crippen LogP contribution >= 0.6 is 0 Å². The highest BCUT2D eigenvalue weighted by Gasteiger charge is 2.22. The van der Waals surface area contributed by atoms with Gasteiger partial charge in [0.25, 0.3) is 0 Å². The number of hydrogen-bond donors (Lipinski definition) is 1. The Kier molecular flexibility index (Phi) is 3.89. The average Bonchev–Trinajstić information content (AvgIpc) is 2.58. The summed E-state index contributed by atoms with van der Waals surface area (Å²) < 4.78 is 8.03. The largest absolute Gasteiger partial charge is 0.377 e. The lowest BCUT2D eigenvalue weighted by Crippen LogP contribution is -2.22. The zero-order chi connectivity index (χ0) is 12.4. The maximum Gasteiger partial charge on any atom is 0.0725 e. The number of ether oxygens (including phenoxy) is 1. The molecule has 0 aromatic carbocycles. The molecule has 1 heterocycles. The van der Waals surface area contributed by atoms with Gasteiger partial charge in [-0.3, -0.25) is 0 Å².